The van der Waals surface area contributed by atoms with Crippen molar-refractivity contribution in [2.45, 2.75) is 0 Å². The Morgan fingerprint density at radius 1 is 1.50 bits per heavy atom. The van der Waals surface area contributed by atoms with E-state index in [1.165, 1.54) is 13.2 Å². The van der Waals surface area contributed by atoms with Gasteiger partial charge in [-0.05, 0) is 6.07 Å². The van der Waals surface area contributed by atoms with Crippen LogP contribution in [0.25, 0.3) is 0 Å². The first-order chi connectivity index (χ1) is 8.45. The van der Waals surface area contributed by atoms with Gasteiger partial charge >= 0.3 is 5.97 Å². The van der Waals surface area contributed by atoms with E-state index >= 15 is 0 Å². The molecule has 1 rings (SSSR count). The molecule has 0 bridgehead atoms. The number of aromatic amines is 1. The third kappa shape index (κ3) is 3.90. The average molecular weight is 295 g/mol. The second-order valence-electron chi connectivity index (χ2n) is 3.46. The Morgan fingerprint density at radius 3 is 2.61 bits per heavy atom. The quantitative estimate of drug-likeness (QED) is 0.833. The Hall–Kier alpha value is -1.24. The summed E-state index contributed by atoms with van der Waals surface area (Å²) in [4.78, 5) is 26.4. The molecule has 1 aromatic rings. The van der Waals surface area contributed by atoms with Crippen molar-refractivity contribution < 1.29 is 19.4 Å². The number of rotatable bonds is 6. The molecule has 0 aromatic carbocycles. The van der Waals surface area contributed by atoms with Gasteiger partial charge in [-0.25, -0.2) is 0 Å². The van der Waals surface area contributed by atoms with Gasteiger partial charge in [0.15, 0.2) is 0 Å². The van der Waals surface area contributed by atoms with Crippen LogP contribution in [-0.4, -0.2) is 53.7 Å². The fourth-order valence-electron chi connectivity index (χ4n) is 1.31. The average Bonchev–Trinajstić information content (AvgIpc) is 2.63. The molecule has 8 heteroatoms. The predicted octanol–water partition coefficient (Wildman–Crippen LogP) is 1.49. The van der Waals surface area contributed by atoms with E-state index in [4.69, 9.17) is 33.0 Å². The summed E-state index contributed by atoms with van der Waals surface area (Å²) in [6.45, 7) is -0.0203. The van der Waals surface area contributed by atoms with E-state index in [1.807, 2.05) is 0 Å². The molecular formula is C10H12Cl2N2O4. The number of carbonyl (C=O) groups excluding carboxylic acids is 1. The maximum absolute atomic E-state index is 12.0. The third-order valence-electron chi connectivity index (χ3n) is 2.13. The molecule has 0 fully saturated rings. The van der Waals surface area contributed by atoms with Crippen LogP contribution in [0.15, 0.2) is 6.07 Å². The first-order valence-corrected chi connectivity index (χ1v) is 5.75. The zero-order chi connectivity index (χ0) is 13.7. The number of aliphatic carboxylic acids is 1. The molecule has 18 heavy (non-hydrogen) atoms. The molecule has 0 saturated heterocycles. The number of carbonyl (C=O) groups is 2. The van der Waals surface area contributed by atoms with Crippen LogP contribution in [0.2, 0.25) is 10.2 Å². The number of nitrogens with zero attached hydrogens (tertiary/aromatic N) is 1. The van der Waals surface area contributed by atoms with Crippen LogP contribution in [0.3, 0.4) is 0 Å². The third-order valence-corrected chi connectivity index (χ3v) is 2.83. The minimum atomic E-state index is -1.11. The summed E-state index contributed by atoms with van der Waals surface area (Å²) in [5, 5.41) is 9.09. The number of halogens is 2. The number of nitrogens with one attached hydrogen (secondary N) is 1. The van der Waals surface area contributed by atoms with E-state index in [9.17, 15) is 9.59 Å². The van der Waals surface area contributed by atoms with E-state index in [0.29, 0.717) is 0 Å². The van der Waals surface area contributed by atoms with E-state index in [0.717, 1.165) is 4.90 Å². The Labute approximate surface area is 113 Å². The number of amides is 1. The highest BCUT2D eigenvalue weighted by Gasteiger charge is 2.20. The summed E-state index contributed by atoms with van der Waals surface area (Å²) in [6.07, 6.45) is 0. The van der Waals surface area contributed by atoms with Gasteiger partial charge in [0.05, 0.1) is 11.6 Å². The summed E-state index contributed by atoms with van der Waals surface area (Å²) in [7, 11) is 1.46. The number of hydrogen-bond donors (Lipinski definition) is 2. The molecule has 0 atom stereocenters. The molecule has 100 valence electrons. The second-order valence-corrected chi connectivity index (χ2v) is 4.24. The smallest absolute Gasteiger partial charge is 0.323 e. The van der Waals surface area contributed by atoms with Crippen molar-refractivity contribution in [3.05, 3.63) is 21.9 Å². The van der Waals surface area contributed by atoms with Crippen molar-refractivity contribution in [3.8, 4) is 0 Å². The van der Waals surface area contributed by atoms with Crippen LogP contribution in [-0.2, 0) is 9.53 Å². The van der Waals surface area contributed by atoms with E-state index in [-0.39, 0.29) is 29.0 Å². The van der Waals surface area contributed by atoms with Crippen LogP contribution in [0.4, 0.5) is 0 Å². The zero-order valence-electron chi connectivity index (χ0n) is 9.57. The Balaban J connectivity index is 2.83. The van der Waals surface area contributed by atoms with Gasteiger partial charge in [0.2, 0.25) is 0 Å². The molecule has 2 N–H and O–H groups in total. The van der Waals surface area contributed by atoms with Crippen molar-refractivity contribution in [1.82, 2.24) is 9.88 Å². The molecule has 0 spiro atoms. The number of ether oxygens (including phenoxy) is 1. The van der Waals surface area contributed by atoms with Gasteiger partial charge in [0.25, 0.3) is 5.91 Å². The van der Waals surface area contributed by atoms with Gasteiger partial charge < -0.3 is 19.7 Å². The largest absolute Gasteiger partial charge is 0.480 e. The van der Waals surface area contributed by atoms with Crippen LogP contribution < -0.4 is 0 Å². The first kappa shape index (κ1) is 14.8. The Kier molecular flexibility index (Phi) is 5.46. The first-order valence-electron chi connectivity index (χ1n) is 4.99. The molecule has 1 heterocycles. The number of methoxy groups -OCH3 is 1. The number of carboxylic acids is 1. The molecule has 0 unspecified atom stereocenters. The van der Waals surface area contributed by atoms with Crippen LogP contribution in [0.1, 0.15) is 10.5 Å². The molecule has 0 aliphatic rings. The van der Waals surface area contributed by atoms with E-state index in [2.05, 4.69) is 4.98 Å². The van der Waals surface area contributed by atoms with Crippen molar-refractivity contribution in [2.24, 2.45) is 0 Å². The summed E-state index contributed by atoms with van der Waals surface area (Å²) >= 11 is 11.4. The molecular weight excluding hydrogens is 283 g/mol. The minimum absolute atomic E-state index is 0.141. The monoisotopic (exact) mass is 294 g/mol. The van der Waals surface area contributed by atoms with Crippen molar-refractivity contribution in [3.63, 3.8) is 0 Å². The van der Waals surface area contributed by atoms with Crippen LogP contribution in [0.5, 0.6) is 0 Å². The lowest BCUT2D eigenvalue weighted by Crippen LogP contribution is -2.38. The SMILES string of the molecule is COCCN(CC(=O)O)C(=O)c1cc(Cl)c(Cl)[nH]1. The molecule has 6 nitrogen and oxygen atoms in total. The van der Waals surface area contributed by atoms with Crippen molar-refractivity contribution in [2.75, 3.05) is 26.8 Å². The van der Waals surface area contributed by atoms with Crippen LogP contribution >= 0.6 is 23.2 Å². The molecule has 0 aliphatic carbocycles. The Bertz CT molecular complexity index is 428. The lowest BCUT2D eigenvalue weighted by Gasteiger charge is -2.19. The highest BCUT2D eigenvalue weighted by molar-refractivity contribution is 6.41. The number of hydrogen-bond acceptors (Lipinski definition) is 3. The lowest BCUT2D eigenvalue weighted by molar-refractivity contribution is -0.137. The molecule has 1 aromatic heterocycles. The van der Waals surface area contributed by atoms with Crippen LogP contribution in [0, 0.1) is 0 Å². The van der Waals surface area contributed by atoms with Gasteiger partial charge in [-0.2, -0.15) is 0 Å². The zero-order valence-corrected chi connectivity index (χ0v) is 11.1. The molecule has 0 aliphatic heterocycles. The number of H-pyrrole nitrogens is 1. The van der Waals surface area contributed by atoms with Gasteiger partial charge in [0.1, 0.15) is 17.4 Å². The lowest BCUT2D eigenvalue weighted by atomic mass is 10.3. The molecule has 1 amide bonds. The van der Waals surface area contributed by atoms with E-state index in [1.54, 1.807) is 0 Å². The topological polar surface area (TPSA) is 82.6 Å². The van der Waals surface area contributed by atoms with Gasteiger partial charge in [-0.3, -0.25) is 9.59 Å². The normalized spacial score (nSPS) is 10.4. The van der Waals surface area contributed by atoms with Gasteiger partial charge in [-0.15, -0.1) is 0 Å². The van der Waals surface area contributed by atoms with Gasteiger partial charge in [-0.1, -0.05) is 23.2 Å². The minimum Gasteiger partial charge on any atom is -0.480 e. The maximum atomic E-state index is 12.0. The predicted molar refractivity (Wildman–Crippen MR) is 66.2 cm³/mol. The number of aromatic nitrogens is 1. The highest BCUT2D eigenvalue weighted by atomic mass is 35.5. The Morgan fingerprint density at radius 2 is 2.17 bits per heavy atom. The summed E-state index contributed by atoms with van der Waals surface area (Å²) in [5.41, 5.74) is 0.141. The van der Waals surface area contributed by atoms with E-state index < -0.39 is 18.4 Å². The fraction of sp³-hybridized carbons (Fsp3) is 0.400. The summed E-state index contributed by atoms with van der Waals surface area (Å²) in [6, 6.07) is 1.36. The maximum Gasteiger partial charge on any atom is 0.323 e. The summed E-state index contributed by atoms with van der Waals surface area (Å²) in [5.74, 6) is -1.61. The molecule has 0 saturated carbocycles. The van der Waals surface area contributed by atoms with Crippen molar-refractivity contribution in [1.29, 1.82) is 0 Å². The highest BCUT2D eigenvalue weighted by Crippen LogP contribution is 2.22. The second kappa shape index (κ2) is 6.63. The van der Waals surface area contributed by atoms with Crippen molar-refractivity contribution >= 4 is 35.1 Å². The summed E-state index contributed by atoms with van der Waals surface area (Å²) < 4.78 is 4.82. The standard InChI is InChI=1S/C10H12Cl2N2O4/c1-18-3-2-14(5-8(15)16)10(17)7-4-6(11)9(12)13-7/h4,13H,2-3,5H2,1H3,(H,15,16). The molecule has 0 radical (unpaired) electrons. The number of carboxylic acid groups (broad SMARTS) is 1. The fourth-order valence-corrected chi connectivity index (χ4v) is 1.62. The van der Waals surface area contributed by atoms with Gasteiger partial charge in [0, 0.05) is 13.7 Å².